The topological polar surface area (TPSA) is 109 Å². The van der Waals surface area contributed by atoms with Gasteiger partial charge in [-0.1, -0.05) is 62.2 Å². The van der Waals surface area contributed by atoms with Crippen molar-refractivity contribution in [3.05, 3.63) is 92.4 Å². The quantitative estimate of drug-likeness (QED) is 0.164. The molecule has 214 valence electrons. The third-order valence-electron chi connectivity index (χ3n) is 7.10. The molecule has 9 heteroatoms. The fraction of sp³-hybridized carbons (Fsp3) is 0.452. The van der Waals surface area contributed by atoms with Crippen LogP contribution in [0.3, 0.4) is 0 Å². The summed E-state index contributed by atoms with van der Waals surface area (Å²) in [6.45, 7) is 8.13. The van der Waals surface area contributed by atoms with Gasteiger partial charge in [-0.05, 0) is 43.0 Å². The van der Waals surface area contributed by atoms with Gasteiger partial charge in [0.15, 0.2) is 11.2 Å². The Morgan fingerprint density at radius 1 is 0.875 bits per heavy atom. The lowest BCUT2D eigenvalue weighted by Crippen LogP contribution is -2.41. The van der Waals surface area contributed by atoms with Gasteiger partial charge in [-0.2, -0.15) is 0 Å². The van der Waals surface area contributed by atoms with Gasteiger partial charge in [0.2, 0.25) is 0 Å². The van der Waals surface area contributed by atoms with Crippen LogP contribution in [-0.2, 0) is 37.2 Å². The first kappa shape index (κ1) is 29.3. The summed E-state index contributed by atoms with van der Waals surface area (Å²) in [5.74, 6) is 0.739. The van der Waals surface area contributed by atoms with Crippen molar-refractivity contribution in [2.24, 2.45) is 0 Å². The van der Waals surface area contributed by atoms with Crippen LogP contribution < -0.4 is 22.3 Å². The van der Waals surface area contributed by atoms with E-state index in [9.17, 15) is 9.59 Å². The van der Waals surface area contributed by atoms with Crippen LogP contribution in [0.5, 0.6) is 0 Å². The predicted molar refractivity (Wildman–Crippen MR) is 161 cm³/mol. The highest BCUT2D eigenvalue weighted by Gasteiger charge is 2.22. The highest BCUT2D eigenvalue weighted by molar-refractivity contribution is 5.71. The number of hydrogen-bond acceptors (Lipinski definition) is 6. The van der Waals surface area contributed by atoms with Crippen molar-refractivity contribution in [3.63, 3.8) is 0 Å². The lowest BCUT2D eigenvalue weighted by Gasteiger charge is -2.14. The number of nitrogen functional groups attached to an aromatic ring is 1. The number of rotatable bonds is 16. The maximum Gasteiger partial charge on any atom is 0.332 e. The summed E-state index contributed by atoms with van der Waals surface area (Å²) in [6.07, 6.45) is 3.91. The van der Waals surface area contributed by atoms with E-state index in [4.69, 9.17) is 15.5 Å². The van der Waals surface area contributed by atoms with Crippen LogP contribution in [-0.4, -0.2) is 45.0 Å². The molecule has 2 heterocycles. The zero-order valence-electron chi connectivity index (χ0n) is 23.8. The first-order valence-corrected chi connectivity index (χ1v) is 14.4. The molecule has 0 amide bonds. The number of nitrogens with two attached hydrogens (primary N) is 1. The molecule has 0 saturated carbocycles. The largest absolute Gasteiger partial charge is 0.399 e. The Morgan fingerprint density at radius 3 is 2.42 bits per heavy atom. The van der Waals surface area contributed by atoms with E-state index in [0.717, 1.165) is 36.2 Å². The standard InChI is InChI=1S/C31H42N6O3/c1-3-5-9-18-37-30(38)28-29(36(31(37)39)19-15-24-11-7-6-8-12-24)34-27(23-25-13-10-14-26(32)22-25)35(28)20-16-33-17-21-40-4-2/h6-8,10-14,22,33H,3-5,9,15-21,23,32H2,1-2H3. The van der Waals surface area contributed by atoms with Crippen LogP contribution in [0.2, 0.25) is 0 Å². The number of hydrogen-bond donors (Lipinski definition) is 2. The summed E-state index contributed by atoms with van der Waals surface area (Å²) >= 11 is 0. The van der Waals surface area contributed by atoms with E-state index in [0.29, 0.717) is 75.6 Å². The van der Waals surface area contributed by atoms with E-state index in [1.807, 2.05) is 54.0 Å². The van der Waals surface area contributed by atoms with Gasteiger partial charge in [0, 0.05) is 51.4 Å². The summed E-state index contributed by atoms with van der Waals surface area (Å²) in [7, 11) is 0. The minimum absolute atomic E-state index is 0.271. The van der Waals surface area contributed by atoms with Crippen molar-refractivity contribution >= 4 is 16.9 Å². The Morgan fingerprint density at radius 2 is 1.68 bits per heavy atom. The highest BCUT2D eigenvalue weighted by atomic mass is 16.5. The van der Waals surface area contributed by atoms with Crippen molar-refractivity contribution in [2.75, 3.05) is 32.0 Å². The van der Waals surface area contributed by atoms with Crippen LogP contribution in [0, 0.1) is 0 Å². The maximum atomic E-state index is 13.9. The number of nitrogens with zero attached hydrogens (tertiary/aromatic N) is 4. The fourth-order valence-electron chi connectivity index (χ4n) is 5.01. The average Bonchev–Trinajstić information content (AvgIpc) is 3.30. The summed E-state index contributed by atoms with van der Waals surface area (Å²) in [5, 5.41) is 3.40. The number of ether oxygens (including phenoxy) is 1. The van der Waals surface area contributed by atoms with Crippen LogP contribution in [0.15, 0.2) is 64.2 Å². The molecule has 0 aliphatic heterocycles. The molecule has 0 fully saturated rings. The monoisotopic (exact) mass is 546 g/mol. The summed E-state index contributed by atoms with van der Waals surface area (Å²) in [4.78, 5) is 32.6. The molecule has 3 N–H and O–H groups in total. The molecule has 0 spiro atoms. The van der Waals surface area contributed by atoms with Crippen molar-refractivity contribution in [1.82, 2.24) is 24.0 Å². The van der Waals surface area contributed by atoms with Gasteiger partial charge in [-0.3, -0.25) is 13.9 Å². The number of anilines is 1. The van der Waals surface area contributed by atoms with E-state index < -0.39 is 0 Å². The van der Waals surface area contributed by atoms with E-state index in [2.05, 4.69) is 24.4 Å². The molecule has 9 nitrogen and oxygen atoms in total. The number of aromatic nitrogens is 4. The van der Waals surface area contributed by atoms with Crippen LogP contribution in [0.1, 0.15) is 50.1 Å². The molecule has 4 rings (SSSR count). The van der Waals surface area contributed by atoms with E-state index in [-0.39, 0.29) is 11.2 Å². The lowest BCUT2D eigenvalue weighted by molar-refractivity contribution is 0.149. The lowest BCUT2D eigenvalue weighted by atomic mass is 10.1. The molecule has 2 aromatic carbocycles. The van der Waals surface area contributed by atoms with Gasteiger partial charge in [-0.15, -0.1) is 0 Å². The Balaban J connectivity index is 1.79. The number of aryl methyl sites for hydroxylation is 2. The van der Waals surface area contributed by atoms with E-state index in [1.165, 1.54) is 4.57 Å². The van der Waals surface area contributed by atoms with Crippen molar-refractivity contribution < 1.29 is 4.74 Å². The SMILES string of the molecule is CCCCCn1c(=O)c2c(nc(Cc3cccc(N)c3)n2CCNCCOCC)n(CCc2ccccc2)c1=O. The summed E-state index contributed by atoms with van der Waals surface area (Å²) in [6, 6.07) is 17.8. The zero-order valence-corrected chi connectivity index (χ0v) is 23.8. The van der Waals surface area contributed by atoms with E-state index in [1.54, 1.807) is 4.57 Å². The summed E-state index contributed by atoms with van der Waals surface area (Å²) in [5.41, 5.74) is 9.23. The Hall–Kier alpha value is -3.69. The van der Waals surface area contributed by atoms with Gasteiger partial charge in [0.25, 0.3) is 5.56 Å². The predicted octanol–water partition coefficient (Wildman–Crippen LogP) is 3.59. The Labute approximate surface area is 235 Å². The minimum Gasteiger partial charge on any atom is -0.399 e. The molecule has 0 radical (unpaired) electrons. The van der Waals surface area contributed by atoms with Gasteiger partial charge in [0.05, 0.1) is 6.61 Å². The Kier molecular flexibility index (Phi) is 10.7. The zero-order chi connectivity index (χ0) is 28.3. The minimum atomic E-state index is -0.292. The Bertz CT molecular complexity index is 1490. The second kappa shape index (κ2) is 14.6. The second-order valence-electron chi connectivity index (χ2n) is 10.1. The summed E-state index contributed by atoms with van der Waals surface area (Å²) < 4.78 is 10.5. The average molecular weight is 547 g/mol. The van der Waals surface area contributed by atoms with Crippen molar-refractivity contribution in [2.45, 2.75) is 65.6 Å². The molecule has 0 atom stereocenters. The smallest absolute Gasteiger partial charge is 0.332 e. The molecule has 4 aromatic rings. The number of fused-ring (bicyclic) bond motifs is 1. The highest BCUT2D eigenvalue weighted by Crippen LogP contribution is 2.18. The van der Waals surface area contributed by atoms with Gasteiger partial charge >= 0.3 is 5.69 Å². The van der Waals surface area contributed by atoms with Crippen LogP contribution in [0.4, 0.5) is 5.69 Å². The number of benzene rings is 2. The second-order valence-corrected chi connectivity index (χ2v) is 10.1. The number of imidazole rings is 1. The molecular formula is C31H42N6O3. The van der Waals surface area contributed by atoms with Crippen molar-refractivity contribution in [1.29, 1.82) is 0 Å². The van der Waals surface area contributed by atoms with Gasteiger partial charge in [-0.25, -0.2) is 9.78 Å². The number of nitrogens with one attached hydrogen (secondary N) is 1. The molecule has 40 heavy (non-hydrogen) atoms. The molecule has 0 saturated heterocycles. The molecule has 0 bridgehead atoms. The first-order chi connectivity index (χ1) is 19.5. The fourth-order valence-corrected chi connectivity index (χ4v) is 5.01. The molecule has 0 unspecified atom stereocenters. The first-order valence-electron chi connectivity index (χ1n) is 14.4. The molecule has 2 aromatic heterocycles. The van der Waals surface area contributed by atoms with E-state index >= 15 is 0 Å². The van der Waals surface area contributed by atoms with Gasteiger partial charge < -0.3 is 20.4 Å². The number of unbranched alkanes of at least 4 members (excludes halogenated alkanes) is 2. The molecule has 0 aliphatic rings. The normalized spacial score (nSPS) is 11.4. The van der Waals surface area contributed by atoms with Gasteiger partial charge in [0.1, 0.15) is 5.82 Å². The molecular weight excluding hydrogens is 504 g/mol. The maximum absolute atomic E-state index is 13.9. The molecule has 0 aliphatic carbocycles. The third-order valence-corrected chi connectivity index (χ3v) is 7.10. The van der Waals surface area contributed by atoms with Crippen LogP contribution in [0.25, 0.3) is 11.2 Å². The van der Waals surface area contributed by atoms with Crippen molar-refractivity contribution in [3.8, 4) is 0 Å². The van der Waals surface area contributed by atoms with Crippen LogP contribution >= 0.6 is 0 Å². The third kappa shape index (κ3) is 7.28.